The van der Waals surface area contributed by atoms with Crippen molar-refractivity contribution >= 4 is 15.9 Å². The molecular weight excluding hydrogens is 330 g/mol. The van der Waals surface area contributed by atoms with Crippen molar-refractivity contribution in [1.29, 1.82) is 0 Å². The zero-order chi connectivity index (χ0) is 15.1. The van der Waals surface area contributed by atoms with Gasteiger partial charge in [0.05, 0.1) is 0 Å². The number of hydrogen-bond acceptors (Lipinski definition) is 3. The quantitative estimate of drug-likeness (QED) is 0.773. The second-order valence-corrected chi connectivity index (χ2v) is 5.80. The Labute approximate surface area is 134 Å². The molecule has 1 unspecified atom stereocenters. The fraction of sp³-hybridized carbons (Fsp3) is 0.294. The summed E-state index contributed by atoms with van der Waals surface area (Å²) in [6, 6.07) is 15.8. The molecular formula is C17H20BrNO2. The third-order valence-corrected chi connectivity index (χ3v) is 3.70. The number of rotatable bonds is 7. The van der Waals surface area contributed by atoms with Gasteiger partial charge in [0.1, 0.15) is 24.7 Å². The topological polar surface area (TPSA) is 44.5 Å². The summed E-state index contributed by atoms with van der Waals surface area (Å²) in [6.45, 7) is 3.02. The molecule has 1 atom stereocenters. The van der Waals surface area contributed by atoms with Crippen LogP contribution < -0.4 is 15.2 Å². The monoisotopic (exact) mass is 349 g/mol. The summed E-state index contributed by atoms with van der Waals surface area (Å²) in [5.74, 6) is 1.69. The van der Waals surface area contributed by atoms with Gasteiger partial charge in [0.25, 0.3) is 0 Å². The van der Waals surface area contributed by atoms with Crippen molar-refractivity contribution in [3.05, 3.63) is 58.6 Å². The molecule has 0 aromatic heterocycles. The number of nitrogens with two attached hydrogens (primary N) is 1. The zero-order valence-electron chi connectivity index (χ0n) is 12.1. The summed E-state index contributed by atoms with van der Waals surface area (Å²) in [6.07, 6.45) is 0.818. The third-order valence-electron chi connectivity index (χ3n) is 2.92. The molecule has 0 amide bonds. The maximum Gasteiger partial charge on any atom is 0.122 e. The first-order valence-corrected chi connectivity index (χ1v) is 7.79. The highest BCUT2D eigenvalue weighted by Crippen LogP contribution is 2.23. The van der Waals surface area contributed by atoms with E-state index >= 15 is 0 Å². The van der Waals surface area contributed by atoms with Crippen molar-refractivity contribution < 1.29 is 9.47 Å². The van der Waals surface area contributed by atoms with Crippen LogP contribution in [-0.4, -0.2) is 19.3 Å². The van der Waals surface area contributed by atoms with Crippen molar-refractivity contribution in [1.82, 2.24) is 0 Å². The average Bonchev–Trinajstić information content (AvgIpc) is 2.47. The zero-order valence-corrected chi connectivity index (χ0v) is 13.7. The van der Waals surface area contributed by atoms with E-state index < -0.39 is 0 Å². The Kier molecular flexibility index (Phi) is 6.08. The van der Waals surface area contributed by atoms with Gasteiger partial charge in [0, 0.05) is 10.5 Å². The largest absolute Gasteiger partial charge is 0.490 e. The molecule has 112 valence electrons. The van der Waals surface area contributed by atoms with Crippen LogP contribution in [0.4, 0.5) is 0 Å². The van der Waals surface area contributed by atoms with Crippen LogP contribution in [0.2, 0.25) is 0 Å². The smallest absolute Gasteiger partial charge is 0.122 e. The second-order valence-electron chi connectivity index (χ2n) is 4.94. The van der Waals surface area contributed by atoms with E-state index in [1.54, 1.807) is 0 Å². The molecule has 0 fully saturated rings. The lowest BCUT2D eigenvalue weighted by Gasteiger charge is -2.12. The molecule has 2 N–H and O–H groups in total. The van der Waals surface area contributed by atoms with Crippen molar-refractivity contribution in [2.45, 2.75) is 19.4 Å². The minimum atomic E-state index is 0.123. The van der Waals surface area contributed by atoms with E-state index in [0.29, 0.717) is 13.2 Å². The summed E-state index contributed by atoms with van der Waals surface area (Å²) < 4.78 is 12.4. The van der Waals surface area contributed by atoms with Crippen LogP contribution in [0.3, 0.4) is 0 Å². The summed E-state index contributed by atoms with van der Waals surface area (Å²) in [4.78, 5) is 0. The van der Waals surface area contributed by atoms with Gasteiger partial charge in [0.2, 0.25) is 0 Å². The van der Waals surface area contributed by atoms with Crippen molar-refractivity contribution in [3.63, 3.8) is 0 Å². The van der Waals surface area contributed by atoms with Gasteiger partial charge in [0.15, 0.2) is 0 Å². The van der Waals surface area contributed by atoms with E-state index in [2.05, 4.69) is 15.9 Å². The van der Waals surface area contributed by atoms with Crippen LogP contribution >= 0.6 is 15.9 Å². The number of para-hydroxylation sites is 1. The predicted molar refractivity (Wildman–Crippen MR) is 88.9 cm³/mol. The van der Waals surface area contributed by atoms with Crippen LogP contribution in [0, 0.1) is 0 Å². The van der Waals surface area contributed by atoms with Crippen molar-refractivity contribution in [3.8, 4) is 11.5 Å². The number of halogens is 1. The SMILES string of the molecule is CC(N)Cc1cc(OCCOc2ccccc2)ccc1Br. The summed E-state index contributed by atoms with van der Waals surface area (Å²) >= 11 is 3.54. The molecule has 0 radical (unpaired) electrons. The molecule has 0 saturated heterocycles. The lowest BCUT2D eigenvalue weighted by atomic mass is 10.1. The first kappa shape index (κ1) is 15.9. The van der Waals surface area contributed by atoms with Gasteiger partial charge in [-0.05, 0) is 49.2 Å². The molecule has 0 aliphatic carbocycles. The summed E-state index contributed by atoms with van der Waals surface area (Å²) in [7, 11) is 0. The third kappa shape index (κ3) is 5.40. The van der Waals surface area contributed by atoms with E-state index in [4.69, 9.17) is 15.2 Å². The molecule has 0 aliphatic heterocycles. The van der Waals surface area contributed by atoms with Gasteiger partial charge in [-0.2, -0.15) is 0 Å². The highest BCUT2D eigenvalue weighted by Gasteiger charge is 2.05. The Morgan fingerprint density at radius 3 is 2.33 bits per heavy atom. The minimum Gasteiger partial charge on any atom is -0.490 e. The van der Waals surface area contributed by atoms with Crippen LogP contribution in [0.1, 0.15) is 12.5 Å². The van der Waals surface area contributed by atoms with E-state index in [0.717, 1.165) is 28.0 Å². The molecule has 0 aliphatic rings. The number of benzene rings is 2. The van der Waals surface area contributed by atoms with E-state index in [-0.39, 0.29) is 6.04 Å². The minimum absolute atomic E-state index is 0.123. The molecule has 0 bridgehead atoms. The predicted octanol–water partition coefficient (Wildman–Crippen LogP) is 3.80. The average molecular weight is 350 g/mol. The Bertz CT molecular complexity index is 558. The fourth-order valence-corrected chi connectivity index (χ4v) is 2.39. The maximum atomic E-state index is 5.85. The standard InChI is InChI=1S/C17H20BrNO2/c1-13(19)11-14-12-16(7-8-17(14)18)21-10-9-20-15-5-3-2-4-6-15/h2-8,12-13H,9-11,19H2,1H3. The molecule has 0 heterocycles. The first-order chi connectivity index (χ1) is 10.1. The highest BCUT2D eigenvalue weighted by molar-refractivity contribution is 9.10. The molecule has 2 aromatic rings. The molecule has 3 nitrogen and oxygen atoms in total. The van der Waals surface area contributed by atoms with Crippen molar-refractivity contribution in [2.75, 3.05) is 13.2 Å². The molecule has 0 spiro atoms. The molecule has 4 heteroatoms. The van der Waals surface area contributed by atoms with E-state index in [1.165, 1.54) is 0 Å². The second kappa shape index (κ2) is 8.05. The Morgan fingerprint density at radius 2 is 1.67 bits per heavy atom. The van der Waals surface area contributed by atoms with Crippen molar-refractivity contribution in [2.24, 2.45) is 5.73 Å². The lowest BCUT2D eigenvalue weighted by molar-refractivity contribution is 0.217. The Balaban J connectivity index is 1.83. The summed E-state index contributed by atoms with van der Waals surface area (Å²) in [5.41, 5.74) is 7.01. The van der Waals surface area contributed by atoms with Crippen LogP contribution in [0.15, 0.2) is 53.0 Å². The molecule has 2 aromatic carbocycles. The summed E-state index contributed by atoms with van der Waals surface area (Å²) in [5, 5.41) is 0. The molecule has 21 heavy (non-hydrogen) atoms. The van der Waals surface area contributed by atoms with Gasteiger partial charge < -0.3 is 15.2 Å². The first-order valence-electron chi connectivity index (χ1n) is 7.00. The van der Waals surface area contributed by atoms with Gasteiger partial charge in [-0.3, -0.25) is 0 Å². The Morgan fingerprint density at radius 1 is 1.00 bits per heavy atom. The highest BCUT2D eigenvalue weighted by atomic mass is 79.9. The number of ether oxygens (including phenoxy) is 2. The van der Waals surface area contributed by atoms with Gasteiger partial charge >= 0.3 is 0 Å². The van der Waals surface area contributed by atoms with Gasteiger partial charge in [-0.15, -0.1) is 0 Å². The van der Waals surface area contributed by atoms with Crippen LogP contribution in [0.25, 0.3) is 0 Å². The van der Waals surface area contributed by atoms with Gasteiger partial charge in [-0.25, -0.2) is 0 Å². The molecule has 2 rings (SSSR count). The van der Waals surface area contributed by atoms with Gasteiger partial charge in [-0.1, -0.05) is 34.1 Å². The normalized spacial score (nSPS) is 12.0. The number of hydrogen-bond donors (Lipinski definition) is 1. The van der Waals surface area contributed by atoms with E-state index in [9.17, 15) is 0 Å². The lowest BCUT2D eigenvalue weighted by Crippen LogP contribution is -2.18. The van der Waals surface area contributed by atoms with E-state index in [1.807, 2.05) is 55.5 Å². The van der Waals surface area contributed by atoms with Crippen LogP contribution in [-0.2, 0) is 6.42 Å². The molecule has 0 saturated carbocycles. The fourth-order valence-electron chi connectivity index (χ4n) is 1.98. The Hall–Kier alpha value is -1.52. The van der Waals surface area contributed by atoms with Crippen LogP contribution in [0.5, 0.6) is 11.5 Å². The maximum absolute atomic E-state index is 5.85.